The Kier molecular flexibility index (Phi) is 5.69. The molecule has 0 aliphatic carbocycles. The molecule has 1 aliphatic heterocycles. The van der Waals surface area contributed by atoms with Gasteiger partial charge in [-0.05, 0) is 55.3 Å². The summed E-state index contributed by atoms with van der Waals surface area (Å²) < 4.78 is 29.9. The van der Waals surface area contributed by atoms with E-state index in [0.717, 1.165) is 22.6 Å². The molecule has 1 aliphatic rings. The summed E-state index contributed by atoms with van der Waals surface area (Å²) in [5.74, 6) is 0.795. The van der Waals surface area contributed by atoms with Crippen molar-refractivity contribution in [3.05, 3.63) is 71.6 Å². The molecule has 5 rings (SSSR count). The maximum Gasteiger partial charge on any atom is 0.243 e. The number of carbonyl (C=O) groups excluding carboxylic acids is 1. The Morgan fingerprint density at radius 2 is 1.79 bits per heavy atom. The number of fused-ring (bicyclic) bond motifs is 1. The molecule has 1 fully saturated rings. The van der Waals surface area contributed by atoms with Crippen LogP contribution in [0.5, 0.6) is 0 Å². The molecule has 4 heterocycles. The molecule has 0 amide bonds. The SMILES string of the molecule is O=Cc1ccc(S(=O)(=O)N2CCC(n3c(-c4ccncc4)nc4cccnc43)CC2)cc1Cl. The molecule has 0 atom stereocenters. The number of piperidine rings is 1. The summed E-state index contributed by atoms with van der Waals surface area (Å²) in [6.07, 6.45) is 7.02. The van der Waals surface area contributed by atoms with E-state index in [1.807, 2.05) is 24.3 Å². The van der Waals surface area contributed by atoms with Crippen LogP contribution in [0.1, 0.15) is 29.2 Å². The Bertz CT molecular complexity index is 1430. The van der Waals surface area contributed by atoms with E-state index in [0.29, 0.717) is 32.2 Å². The Morgan fingerprint density at radius 1 is 1.03 bits per heavy atom. The predicted octanol–water partition coefficient (Wildman–Crippen LogP) is 3.99. The molecule has 168 valence electrons. The van der Waals surface area contributed by atoms with Gasteiger partial charge in [0, 0.05) is 48.8 Å². The van der Waals surface area contributed by atoms with Crippen molar-refractivity contribution in [1.29, 1.82) is 0 Å². The van der Waals surface area contributed by atoms with Crippen molar-refractivity contribution < 1.29 is 13.2 Å². The van der Waals surface area contributed by atoms with Crippen molar-refractivity contribution in [3.8, 4) is 11.4 Å². The summed E-state index contributed by atoms with van der Waals surface area (Å²) in [6, 6.07) is 11.8. The average molecular weight is 482 g/mol. The van der Waals surface area contributed by atoms with Gasteiger partial charge in [0.2, 0.25) is 10.0 Å². The minimum atomic E-state index is -3.72. The summed E-state index contributed by atoms with van der Waals surface area (Å²) in [5, 5.41) is 0.124. The van der Waals surface area contributed by atoms with Gasteiger partial charge in [-0.2, -0.15) is 4.31 Å². The number of hydrogen-bond acceptors (Lipinski definition) is 6. The van der Waals surface area contributed by atoms with Crippen LogP contribution >= 0.6 is 11.6 Å². The van der Waals surface area contributed by atoms with Crippen LogP contribution in [-0.2, 0) is 10.0 Å². The van der Waals surface area contributed by atoms with Crippen molar-refractivity contribution in [2.45, 2.75) is 23.8 Å². The highest BCUT2D eigenvalue weighted by atomic mass is 35.5. The van der Waals surface area contributed by atoms with Crippen LogP contribution in [0.25, 0.3) is 22.6 Å². The number of nitrogens with zero attached hydrogens (tertiary/aromatic N) is 5. The van der Waals surface area contributed by atoms with E-state index in [4.69, 9.17) is 16.6 Å². The van der Waals surface area contributed by atoms with E-state index in [9.17, 15) is 13.2 Å². The minimum absolute atomic E-state index is 0.0422. The van der Waals surface area contributed by atoms with Crippen LogP contribution in [-0.4, -0.2) is 51.6 Å². The summed E-state index contributed by atoms with van der Waals surface area (Å²) in [7, 11) is -3.72. The van der Waals surface area contributed by atoms with Gasteiger partial charge in [0.25, 0.3) is 0 Å². The molecule has 8 nitrogen and oxygen atoms in total. The number of halogens is 1. The van der Waals surface area contributed by atoms with E-state index >= 15 is 0 Å². The van der Waals surface area contributed by atoms with Gasteiger partial charge in [0.15, 0.2) is 11.9 Å². The average Bonchev–Trinajstić information content (AvgIpc) is 3.24. The monoisotopic (exact) mass is 481 g/mol. The van der Waals surface area contributed by atoms with E-state index in [2.05, 4.69) is 14.5 Å². The van der Waals surface area contributed by atoms with E-state index in [1.165, 1.54) is 22.5 Å². The highest BCUT2D eigenvalue weighted by Gasteiger charge is 2.32. The van der Waals surface area contributed by atoms with Crippen LogP contribution in [0, 0.1) is 0 Å². The summed E-state index contributed by atoms with van der Waals surface area (Å²) in [4.78, 5) is 24.5. The Hall–Kier alpha value is -3.14. The lowest BCUT2D eigenvalue weighted by atomic mass is 10.1. The predicted molar refractivity (Wildman–Crippen MR) is 125 cm³/mol. The smallest absolute Gasteiger partial charge is 0.243 e. The first-order valence-corrected chi connectivity index (χ1v) is 12.3. The largest absolute Gasteiger partial charge is 0.305 e. The van der Waals surface area contributed by atoms with Crippen LogP contribution in [0.15, 0.2) is 66.0 Å². The lowest BCUT2D eigenvalue weighted by molar-refractivity contribution is 0.112. The van der Waals surface area contributed by atoms with Crippen molar-refractivity contribution >= 4 is 39.1 Å². The summed E-state index contributed by atoms with van der Waals surface area (Å²) in [5.41, 5.74) is 2.77. The molecule has 0 N–H and O–H groups in total. The summed E-state index contributed by atoms with van der Waals surface area (Å²) >= 11 is 6.06. The van der Waals surface area contributed by atoms with Crippen LogP contribution in [0.4, 0.5) is 0 Å². The number of imidazole rings is 1. The van der Waals surface area contributed by atoms with Gasteiger partial charge in [-0.3, -0.25) is 9.78 Å². The molecule has 33 heavy (non-hydrogen) atoms. The molecule has 1 aromatic carbocycles. The van der Waals surface area contributed by atoms with Crippen LogP contribution in [0.2, 0.25) is 5.02 Å². The van der Waals surface area contributed by atoms with E-state index < -0.39 is 10.0 Å². The maximum atomic E-state index is 13.2. The molecule has 0 radical (unpaired) electrons. The second kappa shape index (κ2) is 8.66. The normalized spacial score (nSPS) is 15.7. The quantitative estimate of drug-likeness (QED) is 0.400. The first-order valence-electron chi connectivity index (χ1n) is 10.5. The van der Waals surface area contributed by atoms with Gasteiger partial charge in [0.1, 0.15) is 11.3 Å². The van der Waals surface area contributed by atoms with Crippen molar-refractivity contribution in [2.75, 3.05) is 13.1 Å². The third-order valence-corrected chi connectivity index (χ3v) is 8.13. The number of pyridine rings is 2. The lowest BCUT2D eigenvalue weighted by Crippen LogP contribution is -2.39. The molecule has 4 aromatic rings. The third-order valence-electron chi connectivity index (χ3n) is 5.91. The molecule has 0 bridgehead atoms. The van der Waals surface area contributed by atoms with Gasteiger partial charge >= 0.3 is 0 Å². The van der Waals surface area contributed by atoms with Crippen molar-refractivity contribution in [1.82, 2.24) is 23.8 Å². The molecule has 10 heteroatoms. The second-order valence-corrected chi connectivity index (χ2v) is 10.2. The summed E-state index contributed by atoms with van der Waals surface area (Å²) in [6.45, 7) is 0.699. The Morgan fingerprint density at radius 3 is 2.48 bits per heavy atom. The molecule has 1 saturated heterocycles. The number of sulfonamides is 1. The van der Waals surface area contributed by atoms with E-state index in [1.54, 1.807) is 18.6 Å². The first-order chi connectivity index (χ1) is 16.0. The van der Waals surface area contributed by atoms with Gasteiger partial charge in [0.05, 0.1) is 9.92 Å². The number of aldehydes is 1. The van der Waals surface area contributed by atoms with Gasteiger partial charge in [-0.15, -0.1) is 0 Å². The zero-order valence-electron chi connectivity index (χ0n) is 17.5. The number of carbonyl (C=O) groups is 1. The standard InChI is InChI=1S/C23H20ClN5O3S/c24-20-14-19(4-3-17(20)15-30)33(31,32)28-12-7-18(8-13-28)29-22(16-5-10-25-11-6-16)27-21-2-1-9-26-23(21)29/h1-6,9-11,14-15,18H,7-8,12-13H2. The van der Waals surface area contributed by atoms with Crippen LogP contribution in [0.3, 0.4) is 0 Å². The molecular formula is C23H20ClN5O3S. The maximum absolute atomic E-state index is 13.2. The molecule has 0 spiro atoms. The fourth-order valence-corrected chi connectivity index (χ4v) is 6.02. The van der Waals surface area contributed by atoms with Gasteiger partial charge in [-0.1, -0.05) is 11.6 Å². The van der Waals surface area contributed by atoms with E-state index in [-0.39, 0.29) is 21.5 Å². The highest BCUT2D eigenvalue weighted by molar-refractivity contribution is 7.89. The minimum Gasteiger partial charge on any atom is -0.305 e. The van der Waals surface area contributed by atoms with Crippen molar-refractivity contribution in [3.63, 3.8) is 0 Å². The Balaban J connectivity index is 1.44. The zero-order chi connectivity index (χ0) is 23.0. The van der Waals surface area contributed by atoms with Gasteiger partial charge < -0.3 is 4.57 Å². The Labute approximate surface area is 195 Å². The first kappa shape index (κ1) is 21.7. The number of aromatic nitrogens is 4. The van der Waals surface area contributed by atoms with Crippen molar-refractivity contribution in [2.24, 2.45) is 0 Å². The topological polar surface area (TPSA) is 98.1 Å². The molecule has 0 saturated carbocycles. The molecule has 3 aromatic heterocycles. The number of rotatable bonds is 5. The molecular weight excluding hydrogens is 462 g/mol. The van der Waals surface area contributed by atoms with Crippen LogP contribution < -0.4 is 0 Å². The number of hydrogen-bond donors (Lipinski definition) is 0. The fraction of sp³-hybridized carbons (Fsp3) is 0.217. The second-order valence-electron chi connectivity index (χ2n) is 7.82. The highest BCUT2D eigenvalue weighted by Crippen LogP contribution is 2.34. The zero-order valence-corrected chi connectivity index (χ0v) is 19.1. The third kappa shape index (κ3) is 3.92. The van der Waals surface area contributed by atoms with Gasteiger partial charge in [-0.25, -0.2) is 18.4 Å². The lowest BCUT2D eigenvalue weighted by Gasteiger charge is -2.32. The number of benzene rings is 1. The molecule has 0 unspecified atom stereocenters. The fourth-order valence-electron chi connectivity index (χ4n) is 4.23.